The molecule has 1 spiro atoms. The molecule has 0 radical (unpaired) electrons. The number of rotatable bonds is 9. The number of ether oxygens (including phenoxy) is 1. The van der Waals surface area contributed by atoms with Gasteiger partial charge in [0, 0.05) is 65.9 Å². The molecule has 4 heterocycles. The number of amides is 2. The van der Waals surface area contributed by atoms with Crippen LogP contribution >= 0.6 is 15.9 Å². The number of aromatic nitrogens is 3. The van der Waals surface area contributed by atoms with Crippen molar-refractivity contribution in [3.8, 4) is 0 Å². The minimum absolute atomic E-state index is 0.00990. The summed E-state index contributed by atoms with van der Waals surface area (Å²) in [5, 5.41) is 17.5. The molecule has 9 nitrogen and oxygen atoms in total. The van der Waals surface area contributed by atoms with E-state index in [0.717, 1.165) is 59.2 Å². The number of carbonyl (C=O) groups is 2. The van der Waals surface area contributed by atoms with Gasteiger partial charge in [-0.15, -0.1) is 5.10 Å². The average Bonchev–Trinajstić information content (AvgIpc) is 3.65. The van der Waals surface area contributed by atoms with Gasteiger partial charge in [0.2, 0.25) is 14.3 Å². The van der Waals surface area contributed by atoms with Crippen molar-refractivity contribution in [1.82, 2.24) is 15.0 Å². The van der Waals surface area contributed by atoms with Crippen molar-refractivity contribution in [2.45, 2.75) is 95.3 Å². The Labute approximate surface area is 279 Å². The number of halogens is 2. The molecular formula is C34H43BrFN5O4Si. The second kappa shape index (κ2) is 13.3. The molecule has 2 amide bonds. The van der Waals surface area contributed by atoms with E-state index in [4.69, 9.17) is 4.74 Å². The van der Waals surface area contributed by atoms with Gasteiger partial charge in [-0.1, -0.05) is 53.0 Å². The van der Waals surface area contributed by atoms with Crippen molar-refractivity contribution in [1.29, 1.82) is 0 Å². The summed E-state index contributed by atoms with van der Waals surface area (Å²) in [6.07, 6.45) is 6.93. The maximum atomic E-state index is 16.2. The fraction of sp³-hybridized carbons (Fsp3) is 0.529. The van der Waals surface area contributed by atoms with E-state index in [0.29, 0.717) is 38.0 Å². The molecule has 2 saturated heterocycles. The predicted molar refractivity (Wildman–Crippen MR) is 181 cm³/mol. The van der Waals surface area contributed by atoms with E-state index in [1.165, 1.54) is 0 Å². The monoisotopic (exact) mass is 711 g/mol. The zero-order valence-corrected chi connectivity index (χ0v) is 29.4. The first-order valence-electron chi connectivity index (χ1n) is 16.4. The molecule has 2 fully saturated rings. The largest absolute Gasteiger partial charge is 0.396 e. The number of anilines is 2. The van der Waals surface area contributed by atoms with E-state index in [1.54, 1.807) is 28.9 Å². The lowest BCUT2D eigenvalue weighted by Crippen LogP contribution is -2.45. The second-order valence-electron chi connectivity index (χ2n) is 13.4. The number of hydrogen-bond donors (Lipinski definition) is 1. The van der Waals surface area contributed by atoms with Crippen molar-refractivity contribution in [3.63, 3.8) is 0 Å². The van der Waals surface area contributed by atoms with Crippen molar-refractivity contribution in [3.05, 3.63) is 70.0 Å². The average molecular weight is 713 g/mol. The van der Waals surface area contributed by atoms with E-state index in [-0.39, 0.29) is 18.4 Å². The Morgan fingerprint density at radius 2 is 1.87 bits per heavy atom. The van der Waals surface area contributed by atoms with Crippen LogP contribution < -0.4 is 9.80 Å². The lowest BCUT2D eigenvalue weighted by molar-refractivity contribution is -0.146. The van der Waals surface area contributed by atoms with Crippen LogP contribution in [0.15, 0.2) is 53.1 Å². The van der Waals surface area contributed by atoms with E-state index in [1.807, 2.05) is 54.3 Å². The smallest absolute Gasteiger partial charge is 0.264 e. The van der Waals surface area contributed by atoms with Crippen molar-refractivity contribution in [2.75, 3.05) is 23.0 Å². The third-order valence-electron chi connectivity index (χ3n) is 9.93. The van der Waals surface area contributed by atoms with Crippen LogP contribution in [0.2, 0.25) is 18.6 Å². The normalized spacial score (nSPS) is 25.3. The number of hydrogen-bond acceptors (Lipinski definition) is 6. The van der Waals surface area contributed by atoms with Crippen LogP contribution in [0.1, 0.15) is 62.3 Å². The number of aryl methyl sites for hydroxylation is 1. The molecule has 0 unspecified atom stereocenters. The predicted octanol–water partition coefficient (Wildman–Crippen LogP) is 6.28. The first-order chi connectivity index (χ1) is 22.0. The molecule has 0 aliphatic carbocycles. The number of nitrogens with zero attached hydrogens (tertiary/aromatic N) is 5. The molecular weight excluding hydrogens is 669 g/mol. The quantitative estimate of drug-likeness (QED) is 0.207. The number of carbonyl (C=O) groups excluding carboxylic acids is 2. The summed E-state index contributed by atoms with van der Waals surface area (Å²) in [5.41, 5.74) is 2.31. The minimum Gasteiger partial charge on any atom is -0.396 e. The Hall–Kier alpha value is -2.93. The van der Waals surface area contributed by atoms with Gasteiger partial charge in [0.25, 0.3) is 5.91 Å². The zero-order valence-electron chi connectivity index (χ0n) is 26.8. The SMILES string of the molecule is C[C@H]1[C@H]([Si](C)(C)F)[C@@H](CCn2cc(CCO)nn2)O[C@]12C(=O)N(Cc1ccc(N3CCCCCCC3=O)cc1)c1ccc(Br)cc12. The molecule has 1 aromatic heterocycles. The molecule has 0 bridgehead atoms. The molecule has 3 aliphatic rings. The molecule has 3 aromatic rings. The Morgan fingerprint density at radius 1 is 1.11 bits per heavy atom. The number of aliphatic hydroxyl groups is 1. The highest BCUT2D eigenvalue weighted by atomic mass is 79.9. The fourth-order valence-corrected chi connectivity index (χ4v) is 10.7. The molecule has 2 aromatic carbocycles. The highest BCUT2D eigenvalue weighted by molar-refractivity contribution is 9.10. The van der Waals surface area contributed by atoms with E-state index in [2.05, 4.69) is 26.2 Å². The second-order valence-corrected chi connectivity index (χ2v) is 18.1. The first-order valence-corrected chi connectivity index (χ1v) is 20.2. The van der Waals surface area contributed by atoms with Gasteiger partial charge in [0.05, 0.1) is 24.0 Å². The summed E-state index contributed by atoms with van der Waals surface area (Å²) in [7, 11) is -3.30. The summed E-state index contributed by atoms with van der Waals surface area (Å²) in [5.74, 6) is -0.405. The lowest BCUT2D eigenvalue weighted by Gasteiger charge is -2.31. The van der Waals surface area contributed by atoms with Crippen LogP contribution in [-0.4, -0.2) is 59.6 Å². The maximum Gasteiger partial charge on any atom is 0.264 e. The van der Waals surface area contributed by atoms with Gasteiger partial charge in [0.15, 0.2) is 5.60 Å². The van der Waals surface area contributed by atoms with Crippen LogP contribution in [-0.2, 0) is 39.4 Å². The molecule has 246 valence electrons. The summed E-state index contributed by atoms with van der Waals surface area (Å²) in [4.78, 5) is 31.2. The van der Waals surface area contributed by atoms with Crippen molar-refractivity contribution < 1.29 is 23.5 Å². The summed E-state index contributed by atoms with van der Waals surface area (Å²) >= 11 is 3.61. The highest BCUT2D eigenvalue weighted by Gasteiger charge is 2.66. The molecule has 4 atom stereocenters. The van der Waals surface area contributed by atoms with Crippen LogP contribution in [0.5, 0.6) is 0 Å². The number of fused-ring (bicyclic) bond motifs is 2. The van der Waals surface area contributed by atoms with Crippen LogP contribution in [0.25, 0.3) is 0 Å². The molecule has 3 aliphatic heterocycles. The number of benzene rings is 2. The Bertz CT molecular complexity index is 1580. The zero-order chi connectivity index (χ0) is 32.6. The standard InChI is InChI=1S/C34H43BrFN5O4Si/c1-23-32(46(2,3)36)30(15-18-39-22-26(16-19-42)37-38-39)45-34(23)28-20-25(35)11-14-29(28)41(33(34)44)21-24-9-12-27(13-10-24)40-17-7-5-4-6-8-31(40)43/h9-14,20,22-23,30,32,42H,4-8,15-19,21H2,1-3H3/t23-,30+,32-,34+/m0/s1. The highest BCUT2D eigenvalue weighted by Crippen LogP contribution is 2.60. The van der Waals surface area contributed by atoms with Gasteiger partial charge in [-0.25, -0.2) is 0 Å². The molecule has 1 N–H and O–H groups in total. The van der Waals surface area contributed by atoms with E-state index >= 15 is 4.11 Å². The Balaban J connectivity index is 1.28. The molecule has 12 heteroatoms. The van der Waals surface area contributed by atoms with Crippen molar-refractivity contribution >= 4 is 47.5 Å². The van der Waals surface area contributed by atoms with Gasteiger partial charge >= 0.3 is 0 Å². The van der Waals surface area contributed by atoms with Crippen LogP contribution in [0.4, 0.5) is 15.5 Å². The first kappa shape index (κ1) is 33.0. The van der Waals surface area contributed by atoms with Gasteiger partial charge < -0.3 is 23.8 Å². The third kappa shape index (κ3) is 6.21. The lowest BCUT2D eigenvalue weighted by atomic mass is 9.82. The summed E-state index contributed by atoms with van der Waals surface area (Å²) < 4.78 is 25.6. The molecule has 46 heavy (non-hydrogen) atoms. The van der Waals surface area contributed by atoms with Gasteiger partial charge in [-0.05, 0) is 68.3 Å². The summed E-state index contributed by atoms with van der Waals surface area (Å²) in [6.45, 7) is 6.88. The van der Waals surface area contributed by atoms with Crippen molar-refractivity contribution in [2.24, 2.45) is 5.92 Å². The third-order valence-corrected chi connectivity index (χ3v) is 12.9. The minimum atomic E-state index is -3.30. The maximum absolute atomic E-state index is 16.2. The van der Waals surface area contributed by atoms with Crippen LogP contribution in [0, 0.1) is 5.92 Å². The van der Waals surface area contributed by atoms with E-state index in [9.17, 15) is 14.7 Å². The fourth-order valence-electron chi connectivity index (χ4n) is 7.78. The van der Waals surface area contributed by atoms with Gasteiger partial charge in [-0.2, -0.15) is 0 Å². The Morgan fingerprint density at radius 3 is 2.61 bits per heavy atom. The van der Waals surface area contributed by atoms with E-state index < -0.39 is 31.6 Å². The summed E-state index contributed by atoms with van der Waals surface area (Å²) in [6, 6.07) is 13.7. The Kier molecular flexibility index (Phi) is 9.53. The van der Waals surface area contributed by atoms with Crippen LogP contribution in [0.3, 0.4) is 0 Å². The van der Waals surface area contributed by atoms with Gasteiger partial charge in [0.1, 0.15) is 0 Å². The van der Waals surface area contributed by atoms with Gasteiger partial charge in [-0.3, -0.25) is 14.3 Å². The topological polar surface area (TPSA) is 101 Å². The molecule has 0 saturated carbocycles. The molecule has 6 rings (SSSR count). The number of aliphatic hydroxyl groups excluding tert-OH is 1.